The number of carbonyl (C=O) groups excluding carboxylic acids is 1. The lowest BCUT2D eigenvalue weighted by Crippen LogP contribution is -2.04. The number of aliphatic carboxylic acids is 1. The minimum absolute atomic E-state index is 0.0690. The van der Waals surface area contributed by atoms with Crippen molar-refractivity contribution >= 4 is 11.8 Å². The maximum absolute atomic E-state index is 13.4. The number of ketones is 1. The van der Waals surface area contributed by atoms with Gasteiger partial charge in [0, 0.05) is 24.7 Å². The van der Waals surface area contributed by atoms with Crippen LogP contribution in [0.25, 0.3) is 11.3 Å². The van der Waals surface area contributed by atoms with Crippen LogP contribution < -0.4 is 0 Å². The Balaban J connectivity index is 1.74. The van der Waals surface area contributed by atoms with Crippen LogP contribution in [0.3, 0.4) is 0 Å². The third-order valence-electron chi connectivity index (χ3n) is 7.69. The highest BCUT2D eigenvalue weighted by Gasteiger charge is 2.24. The maximum atomic E-state index is 13.4. The van der Waals surface area contributed by atoms with E-state index < -0.39 is 5.97 Å². The van der Waals surface area contributed by atoms with Crippen LogP contribution in [0.5, 0.6) is 0 Å². The van der Waals surface area contributed by atoms with Gasteiger partial charge < -0.3 is 9.67 Å². The highest BCUT2D eigenvalue weighted by Crippen LogP contribution is 2.33. The lowest BCUT2D eigenvalue weighted by molar-refractivity contribution is -0.136. The molecule has 206 valence electrons. The maximum Gasteiger partial charge on any atom is 0.303 e. The van der Waals surface area contributed by atoms with E-state index in [0.29, 0.717) is 12.8 Å². The number of carboxylic acid groups (broad SMARTS) is 1. The van der Waals surface area contributed by atoms with Gasteiger partial charge in [0.05, 0.1) is 12.1 Å². The number of carboxylic acids is 1. The summed E-state index contributed by atoms with van der Waals surface area (Å²) in [5.41, 5.74) is 4.59. The van der Waals surface area contributed by atoms with E-state index in [-0.39, 0.29) is 12.2 Å². The van der Waals surface area contributed by atoms with Gasteiger partial charge in [0.25, 0.3) is 0 Å². The fourth-order valence-electron chi connectivity index (χ4n) is 5.51. The molecule has 0 aliphatic heterocycles. The number of Topliss-reactive ketones (excluding diaryl/α,β-unsaturated/α-hetero) is 1. The molecule has 0 unspecified atom stereocenters. The van der Waals surface area contributed by atoms with Crippen LogP contribution in [0.2, 0.25) is 0 Å². The first kappa shape index (κ1) is 30.9. The van der Waals surface area contributed by atoms with Crippen LogP contribution in [0, 0.1) is 6.92 Å². The zero-order chi connectivity index (χ0) is 26.9. The van der Waals surface area contributed by atoms with Gasteiger partial charge in [0.2, 0.25) is 0 Å². The molecule has 0 radical (unpaired) electrons. The molecular weight excluding hydrogens is 458 g/mol. The first-order valence-corrected chi connectivity index (χ1v) is 15.0. The van der Waals surface area contributed by atoms with Crippen LogP contribution in [0.15, 0.2) is 30.3 Å². The molecule has 0 amide bonds. The van der Waals surface area contributed by atoms with Gasteiger partial charge in [-0.05, 0) is 30.9 Å². The Bertz CT molecular complexity index is 929. The number of nitrogens with zero attached hydrogens (tertiary/aromatic N) is 1. The molecule has 0 spiro atoms. The van der Waals surface area contributed by atoms with Crippen molar-refractivity contribution < 1.29 is 14.7 Å². The van der Waals surface area contributed by atoms with Gasteiger partial charge in [-0.3, -0.25) is 9.59 Å². The van der Waals surface area contributed by atoms with Crippen molar-refractivity contribution in [2.24, 2.45) is 7.05 Å². The summed E-state index contributed by atoms with van der Waals surface area (Å²) in [5, 5.41) is 9.18. The third-order valence-corrected chi connectivity index (χ3v) is 7.69. The molecule has 2 aromatic rings. The fourth-order valence-corrected chi connectivity index (χ4v) is 5.51. The number of benzene rings is 1. The van der Waals surface area contributed by atoms with Crippen molar-refractivity contribution in [3.8, 4) is 11.3 Å². The smallest absolute Gasteiger partial charge is 0.303 e. The Hall–Kier alpha value is -2.36. The summed E-state index contributed by atoms with van der Waals surface area (Å²) in [5.74, 6) is -0.629. The van der Waals surface area contributed by atoms with E-state index in [0.717, 1.165) is 40.9 Å². The monoisotopic (exact) mass is 509 g/mol. The Morgan fingerprint density at radius 2 is 1.22 bits per heavy atom. The molecule has 0 bridgehead atoms. The lowest BCUT2D eigenvalue weighted by atomic mass is 9.96. The van der Waals surface area contributed by atoms with Crippen LogP contribution in [-0.2, 0) is 18.3 Å². The van der Waals surface area contributed by atoms with Crippen LogP contribution >= 0.6 is 0 Å². The second kappa shape index (κ2) is 18.0. The Morgan fingerprint density at radius 1 is 0.730 bits per heavy atom. The van der Waals surface area contributed by atoms with Crippen LogP contribution in [0.4, 0.5) is 0 Å². The summed E-state index contributed by atoms with van der Waals surface area (Å²) < 4.78 is 2.04. The predicted octanol–water partition coefficient (Wildman–Crippen LogP) is 9.46. The predicted molar refractivity (Wildman–Crippen MR) is 155 cm³/mol. The van der Waals surface area contributed by atoms with E-state index in [1.807, 2.05) is 48.9 Å². The molecule has 1 N–H and O–H groups in total. The van der Waals surface area contributed by atoms with Gasteiger partial charge >= 0.3 is 5.97 Å². The normalized spacial score (nSPS) is 11.2. The topological polar surface area (TPSA) is 59.3 Å². The molecule has 2 rings (SSSR count). The van der Waals surface area contributed by atoms with Crippen molar-refractivity contribution in [1.82, 2.24) is 4.57 Å². The van der Waals surface area contributed by atoms with Crippen LogP contribution in [-0.4, -0.2) is 21.4 Å². The largest absolute Gasteiger partial charge is 0.481 e. The molecule has 4 heteroatoms. The summed E-state index contributed by atoms with van der Waals surface area (Å²) in [7, 11) is 1.96. The van der Waals surface area contributed by atoms with E-state index in [1.165, 1.54) is 83.5 Å². The Kier molecular flexibility index (Phi) is 15.0. The second-order valence-corrected chi connectivity index (χ2v) is 10.7. The van der Waals surface area contributed by atoms with Gasteiger partial charge in [-0.1, -0.05) is 127 Å². The Labute approximate surface area is 225 Å². The van der Waals surface area contributed by atoms with Crippen molar-refractivity contribution in [3.63, 3.8) is 0 Å². The molecule has 0 fully saturated rings. The van der Waals surface area contributed by atoms with Gasteiger partial charge in [-0.25, -0.2) is 0 Å². The molecule has 1 aromatic carbocycles. The van der Waals surface area contributed by atoms with Crippen molar-refractivity contribution in [3.05, 3.63) is 47.2 Å². The van der Waals surface area contributed by atoms with Crippen molar-refractivity contribution in [1.29, 1.82) is 0 Å². The highest BCUT2D eigenvalue weighted by molar-refractivity contribution is 6.03. The third kappa shape index (κ3) is 10.9. The lowest BCUT2D eigenvalue weighted by Gasteiger charge is -2.09. The quantitative estimate of drug-likeness (QED) is 0.135. The van der Waals surface area contributed by atoms with Crippen molar-refractivity contribution in [2.75, 3.05) is 0 Å². The zero-order valence-electron chi connectivity index (χ0n) is 23.8. The van der Waals surface area contributed by atoms with E-state index in [4.69, 9.17) is 0 Å². The molecule has 4 nitrogen and oxygen atoms in total. The van der Waals surface area contributed by atoms with E-state index in [9.17, 15) is 14.7 Å². The Morgan fingerprint density at radius 3 is 1.70 bits per heavy atom. The van der Waals surface area contributed by atoms with Gasteiger partial charge in [0.1, 0.15) is 0 Å². The number of carbonyl (C=O) groups is 2. The van der Waals surface area contributed by atoms with Gasteiger partial charge in [-0.15, -0.1) is 0 Å². The number of aromatic nitrogens is 1. The number of hydrogen-bond acceptors (Lipinski definition) is 2. The van der Waals surface area contributed by atoms with E-state index in [1.54, 1.807) is 0 Å². The first-order chi connectivity index (χ1) is 18.0. The highest BCUT2D eigenvalue weighted by atomic mass is 16.4. The van der Waals surface area contributed by atoms with E-state index in [2.05, 4.69) is 6.92 Å². The number of hydrogen-bond donors (Lipinski definition) is 1. The second-order valence-electron chi connectivity index (χ2n) is 10.7. The molecule has 1 aromatic heterocycles. The zero-order valence-corrected chi connectivity index (χ0v) is 23.8. The molecule has 0 saturated carbocycles. The minimum Gasteiger partial charge on any atom is -0.481 e. The summed E-state index contributed by atoms with van der Waals surface area (Å²) in [6, 6.07) is 10.00. The van der Waals surface area contributed by atoms with Gasteiger partial charge in [-0.2, -0.15) is 0 Å². The molecule has 0 saturated heterocycles. The standard InChI is InChI=1S/C33H51NO3/c1-4-5-6-7-8-9-10-11-12-13-14-15-16-17-21-24-30(35)32-27(2)29(25-26-31(36)37)34(3)33(32)28-22-19-18-20-23-28/h18-20,22-23H,4-17,21,24-26H2,1-3H3,(H,36,37). The number of unbranched alkanes of at least 4 members (excludes halogenated alkanes) is 14. The summed E-state index contributed by atoms with van der Waals surface area (Å²) in [6.07, 6.45) is 20.7. The minimum atomic E-state index is -0.812. The fraction of sp³-hybridized carbons (Fsp3) is 0.636. The molecule has 0 aliphatic rings. The first-order valence-electron chi connectivity index (χ1n) is 15.0. The van der Waals surface area contributed by atoms with Crippen molar-refractivity contribution in [2.45, 2.75) is 129 Å². The van der Waals surface area contributed by atoms with E-state index >= 15 is 0 Å². The average molecular weight is 510 g/mol. The number of rotatable bonds is 21. The van der Waals surface area contributed by atoms with Crippen LogP contribution in [0.1, 0.15) is 138 Å². The summed E-state index contributed by atoms with van der Waals surface area (Å²) in [6.45, 7) is 4.25. The molecule has 1 heterocycles. The molecule has 37 heavy (non-hydrogen) atoms. The van der Waals surface area contributed by atoms with Gasteiger partial charge in [0.15, 0.2) is 5.78 Å². The molecule has 0 aliphatic carbocycles. The summed E-state index contributed by atoms with van der Waals surface area (Å²) >= 11 is 0. The molecule has 0 atom stereocenters. The SMILES string of the molecule is CCCCCCCCCCCCCCCCCC(=O)c1c(C)c(CCC(=O)O)n(C)c1-c1ccccc1. The average Bonchev–Trinajstić information content (AvgIpc) is 3.14. The summed E-state index contributed by atoms with van der Waals surface area (Å²) in [4.78, 5) is 24.6. The molecular formula is C33H51NO3.